The maximum Gasteiger partial charge on any atom is 0.192 e. The molecule has 0 saturated heterocycles. The summed E-state index contributed by atoms with van der Waals surface area (Å²) >= 11 is 0. The van der Waals surface area contributed by atoms with Crippen molar-refractivity contribution in [1.29, 1.82) is 0 Å². The molecule has 2 atom stereocenters. The van der Waals surface area contributed by atoms with E-state index < -0.39 is 0 Å². The van der Waals surface area contributed by atoms with E-state index in [1.54, 1.807) is 0 Å². The van der Waals surface area contributed by atoms with Crippen LogP contribution < -0.4 is 5.73 Å². The first-order valence-electron chi connectivity index (χ1n) is 8.04. The zero-order valence-corrected chi connectivity index (χ0v) is 13.5. The van der Waals surface area contributed by atoms with E-state index in [0.29, 0.717) is 11.3 Å². The molecule has 1 aromatic carbocycles. The largest absolute Gasteiger partial charge is 0.370 e. The summed E-state index contributed by atoms with van der Waals surface area (Å²) in [6.07, 6.45) is 3.70. The first-order valence-corrected chi connectivity index (χ1v) is 8.04. The summed E-state index contributed by atoms with van der Waals surface area (Å²) in [5, 5.41) is 0. The lowest BCUT2D eigenvalue weighted by Crippen LogP contribution is -2.58. The molecule has 1 aliphatic carbocycles. The number of rotatable bonds is 2. The van der Waals surface area contributed by atoms with Crippen LogP contribution in [0, 0.1) is 11.3 Å². The van der Waals surface area contributed by atoms with E-state index in [1.807, 2.05) is 0 Å². The molecule has 2 aliphatic rings. The van der Waals surface area contributed by atoms with Gasteiger partial charge in [-0.2, -0.15) is 0 Å². The van der Waals surface area contributed by atoms with E-state index >= 15 is 0 Å². The van der Waals surface area contributed by atoms with Gasteiger partial charge in [0.2, 0.25) is 0 Å². The fraction of sp³-hybridized carbons (Fsp3) is 0.611. The Bertz CT molecular complexity index is 535. The van der Waals surface area contributed by atoms with E-state index in [4.69, 9.17) is 5.73 Å². The van der Waals surface area contributed by atoms with Gasteiger partial charge in [0.15, 0.2) is 5.96 Å². The SMILES string of the molecule is CC1CC(C)(C)CCC12CN=C(N)N2Cc1ccccc1. The number of benzene rings is 1. The number of hydrogen-bond acceptors (Lipinski definition) is 3. The molecule has 0 amide bonds. The molecule has 3 heteroatoms. The minimum Gasteiger partial charge on any atom is -0.370 e. The predicted molar refractivity (Wildman–Crippen MR) is 88.0 cm³/mol. The third kappa shape index (κ3) is 2.54. The van der Waals surface area contributed by atoms with Crippen LogP contribution in [0.15, 0.2) is 35.3 Å². The van der Waals surface area contributed by atoms with Crippen LogP contribution >= 0.6 is 0 Å². The van der Waals surface area contributed by atoms with Crippen LogP contribution in [0.25, 0.3) is 0 Å². The van der Waals surface area contributed by atoms with Crippen molar-refractivity contribution in [2.24, 2.45) is 22.1 Å². The Morgan fingerprint density at radius 2 is 1.95 bits per heavy atom. The van der Waals surface area contributed by atoms with Crippen molar-refractivity contribution >= 4 is 5.96 Å². The van der Waals surface area contributed by atoms with E-state index in [-0.39, 0.29) is 5.54 Å². The van der Waals surface area contributed by atoms with Crippen molar-refractivity contribution in [1.82, 2.24) is 4.90 Å². The fourth-order valence-electron chi connectivity index (χ4n) is 4.18. The van der Waals surface area contributed by atoms with E-state index in [9.17, 15) is 0 Å². The van der Waals surface area contributed by atoms with Crippen LogP contribution in [0.3, 0.4) is 0 Å². The summed E-state index contributed by atoms with van der Waals surface area (Å²) in [7, 11) is 0. The molecular formula is C18H27N3. The van der Waals surface area contributed by atoms with Crippen molar-refractivity contribution in [2.45, 2.75) is 52.1 Å². The van der Waals surface area contributed by atoms with Gasteiger partial charge in [-0.25, -0.2) is 0 Å². The number of nitrogens with two attached hydrogens (primary N) is 1. The second-order valence-corrected chi connectivity index (χ2v) is 7.62. The van der Waals surface area contributed by atoms with E-state index in [0.717, 1.165) is 19.0 Å². The number of hydrogen-bond donors (Lipinski definition) is 1. The van der Waals surface area contributed by atoms with Gasteiger partial charge in [0, 0.05) is 6.54 Å². The number of nitrogens with zero attached hydrogens (tertiary/aromatic N) is 2. The molecule has 21 heavy (non-hydrogen) atoms. The topological polar surface area (TPSA) is 41.6 Å². The van der Waals surface area contributed by atoms with Gasteiger partial charge in [-0.15, -0.1) is 0 Å². The Hall–Kier alpha value is -1.51. The smallest absolute Gasteiger partial charge is 0.192 e. The van der Waals surface area contributed by atoms with Gasteiger partial charge in [-0.3, -0.25) is 4.99 Å². The highest BCUT2D eigenvalue weighted by atomic mass is 15.4. The molecule has 0 radical (unpaired) electrons. The molecule has 0 bridgehead atoms. The summed E-state index contributed by atoms with van der Waals surface area (Å²) in [6.45, 7) is 8.89. The van der Waals surface area contributed by atoms with Crippen molar-refractivity contribution in [3.05, 3.63) is 35.9 Å². The van der Waals surface area contributed by atoms with Gasteiger partial charge >= 0.3 is 0 Å². The minimum atomic E-state index is 0.134. The minimum absolute atomic E-state index is 0.134. The summed E-state index contributed by atoms with van der Waals surface area (Å²) in [5.74, 6) is 1.35. The molecule has 1 aliphatic heterocycles. The van der Waals surface area contributed by atoms with Crippen LogP contribution in [0.1, 0.15) is 45.6 Å². The Kier molecular flexibility index (Phi) is 3.46. The number of aliphatic imine (C=N–C) groups is 1. The Morgan fingerprint density at radius 3 is 2.62 bits per heavy atom. The van der Waals surface area contributed by atoms with Crippen LogP contribution in [-0.2, 0) is 6.54 Å². The maximum atomic E-state index is 6.24. The molecule has 3 nitrogen and oxygen atoms in total. The van der Waals surface area contributed by atoms with Gasteiger partial charge in [0.05, 0.1) is 12.1 Å². The van der Waals surface area contributed by atoms with Crippen molar-refractivity contribution < 1.29 is 0 Å². The summed E-state index contributed by atoms with van der Waals surface area (Å²) in [5.41, 5.74) is 8.13. The summed E-state index contributed by atoms with van der Waals surface area (Å²) in [4.78, 5) is 6.99. The molecule has 1 spiro atoms. The van der Waals surface area contributed by atoms with Crippen LogP contribution in [-0.4, -0.2) is 22.9 Å². The van der Waals surface area contributed by atoms with Crippen molar-refractivity contribution in [2.75, 3.05) is 6.54 Å². The first-order chi connectivity index (χ1) is 9.93. The predicted octanol–water partition coefficient (Wildman–Crippen LogP) is 3.40. The fourth-order valence-corrected chi connectivity index (χ4v) is 4.18. The van der Waals surface area contributed by atoms with Crippen molar-refractivity contribution in [3.63, 3.8) is 0 Å². The highest BCUT2D eigenvalue weighted by Gasteiger charge is 2.50. The van der Waals surface area contributed by atoms with E-state index in [2.05, 4.69) is 61.0 Å². The highest BCUT2D eigenvalue weighted by molar-refractivity contribution is 5.81. The van der Waals surface area contributed by atoms with E-state index in [1.165, 1.54) is 24.8 Å². The van der Waals surface area contributed by atoms with Crippen molar-refractivity contribution in [3.8, 4) is 0 Å². The zero-order valence-electron chi connectivity index (χ0n) is 13.5. The molecule has 1 aromatic rings. The molecule has 1 fully saturated rings. The second kappa shape index (κ2) is 5.04. The lowest BCUT2D eigenvalue weighted by atomic mass is 9.63. The molecule has 3 rings (SSSR count). The van der Waals surface area contributed by atoms with Crippen LogP contribution in [0.4, 0.5) is 0 Å². The lowest BCUT2D eigenvalue weighted by molar-refractivity contribution is 0.0246. The molecule has 1 saturated carbocycles. The Labute approximate surface area is 128 Å². The van der Waals surface area contributed by atoms with Crippen LogP contribution in [0.5, 0.6) is 0 Å². The molecule has 114 valence electrons. The third-order valence-corrected chi connectivity index (χ3v) is 5.52. The number of guanidine groups is 1. The zero-order chi connectivity index (χ0) is 15.1. The molecular weight excluding hydrogens is 258 g/mol. The standard InChI is InChI=1S/C18H27N3/c1-14-11-17(2,3)9-10-18(14)13-20-16(19)21(18)12-15-7-5-4-6-8-15/h4-8,14H,9-13H2,1-3H3,(H2,19,20). The summed E-state index contributed by atoms with van der Waals surface area (Å²) in [6, 6.07) is 10.6. The second-order valence-electron chi connectivity index (χ2n) is 7.62. The molecule has 2 N–H and O–H groups in total. The molecule has 0 aromatic heterocycles. The first kappa shape index (κ1) is 14.4. The Balaban J connectivity index is 1.85. The maximum absolute atomic E-state index is 6.24. The van der Waals surface area contributed by atoms with Gasteiger partial charge in [0.1, 0.15) is 0 Å². The monoisotopic (exact) mass is 285 g/mol. The van der Waals surface area contributed by atoms with Gasteiger partial charge in [0.25, 0.3) is 0 Å². The van der Waals surface area contributed by atoms with Gasteiger partial charge in [-0.1, -0.05) is 51.1 Å². The Morgan fingerprint density at radius 1 is 1.24 bits per heavy atom. The molecule has 1 heterocycles. The average Bonchev–Trinajstić information content (AvgIpc) is 2.75. The van der Waals surface area contributed by atoms with Gasteiger partial charge < -0.3 is 10.6 Å². The average molecular weight is 285 g/mol. The third-order valence-electron chi connectivity index (χ3n) is 5.52. The normalized spacial score (nSPS) is 31.5. The van der Waals surface area contributed by atoms with Gasteiger partial charge in [-0.05, 0) is 36.2 Å². The lowest BCUT2D eigenvalue weighted by Gasteiger charge is -2.51. The molecule has 2 unspecified atom stereocenters. The highest BCUT2D eigenvalue weighted by Crippen LogP contribution is 2.48. The quantitative estimate of drug-likeness (QED) is 0.905. The van der Waals surface area contributed by atoms with Crippen LogP contribution in [0.2, 0.25) is 0 Å². The summed E-state index contributed by atoms with van der Waals surface area (Å²) < 4.78 is 0.